The van der Waals surface area contributed by atoms with E-state index in [2.05, 4.69) is 9.97 Å². The van der Waals surface area contributed by atoms with Crippen LogP contribution in [0.4, 0.5) is 17.6 Å². The van der Waals surface area contributed by atoms with Crippen molar-refractivity contribution >= 4 is 26.9 Å². The maximum atomic E-state index is 14.3. The number of aromatic carboxylic acids is 1. The van der Waals surface area contributed by atoms with Crippen molar-refractivity contribution in [3.63, 3.8) is 0 Å². The highest BCUT2D eigenvalue weighted by Crippen LogP contribution is 2.42. The van der Waals surface area contributed by atoms with Gasteiger partial charge in [-0.1, -0.05) is 0 Å². The molecule has 1 aromatic carbocycles. The molecule has 0 spiro atoms. The van der Waals surface area contributed by atoms with Gasteiger partial charge < -0.3 is 9.67 Å². The molecule has 0 unspecified atom stereocenters. The fourth-order valence-electron chi connectivity index (χ4n) is 3.84. The van der Waals surface area contributed by atoms with Crippen LogP contribution in [-0.2, 0) is 10.0 Å². The topological polar surface area (TPSA) is 114 Å². The Morgan fingerprint density at radius 1 is 1.24 bits per heavy atom. The lowest BCUT2D eigenvalue weighted by Gasteiger charge is -2.30. The van der Waals surface area contributed by atoms with E-state index in [-0.39, 0.29) is 28.5 Å². The molecule has 2 heterocycles. The third kappa shape index (κ3) is 4.13. The first-order valence-corrected chi connectivity index (χ1v) is 11.8. The van der Waals surface area contributed by atoms with Gasteiger partial charge in [-0.15, -0.1) is 0 Å². The lowest BCUT2D eigenvalue weighted by molar-refractivity contribution is -0.147. The summed E-state index contributed by atoms with van der Waals surface area (Å²) in [5.41, 5.74) is 0.649. The fraction of sp³-hybridized carbons (Fsp3) is 0.381. The van der Waals surface area contributed by atoms with Gasteiger partial charge in [-0.05, 0) is 50.8 Å². The van der Waals surface area contributed by atoms with Gasteiger partial charge in [-0.25, -0.2) is 27.6 Å². The molecule has 3 aromatic rings. The Morgan fingerprint density at radius 3 is 2.35 bits per heavy atom. The summed E-state index contributed by atoms with van der Waals surface area (Å²) in [6.45, 7) is 2.21. The first-order chi connectivity index (χ1) is 15.8. The van der Waals surface area contributed by atoms with Crippen LogP contribution in [0.3, 0.4) is 0 Å². The quantitative estimate of drug-likeness (QED) is 0.491. The van der Waals surface area contributed by atoms with Crippen LogP contribution in [0.25, 0.3) is 22.4 Å². The second-order valence-electron chi connectivity index (χ2n) is 8.23. The average Bonchev–Trinajstić information content (AvgIpc) is 3.00. The number of benzene rings is 1. The maximum Gasteiger partial charge on any atom is 0.404 e. The van der Waals surface area contributed by atoms with E-state index in [0.717, 1.165) is 37.7 Å². The zero-order chi connectivity index (χ0) is 25.0. The summed E-state index contributed by atoms with van der Waals surface area (Å²) in [6.07, 6.45) is -0.757. The van der Waals surface area contributed by atoms with Crippen LogP contribution in [0, 0.1) is 12.7 Å². The molecule has 0 radical (unpaired) electrons. The van der Waals surface area contributed by atoms with Crippen LogP contribution in [0.5, 0.6) is 0 Å². The van der Waals surface area contributed by atoms with Crippen molar-refractivity contribution in [3.8, 4) is 11.5 Å². The number of carbonyl (C=O) groups is 1. The predicted molar refractivity (Wildman–Crippen MR) is 113 cm³/mol. The van der Waals surface area contributed by atoms with Crippen molar-refractivity contribution < 1.29 is 35.9 Å². The Balaban J connectivity index is 1.86. The lowest BCUT2D eigenvalue weighted by Crippen LogP contribution is -2.43. The van der Waals surface area contributed by atoms with Crippen LogP contribution in [-0.4, -0.2) is 46.2 Å². The van der Waals surface area contributed by atoms with Crippen LogP contribution in [0.2, 0.25) is 0 Å². The molecular weight excluding hydrogens is 480 g/mol. The number of nitrogens with one attached hydrogen (secondary N) is 1. The Bertz CT molecular complexity index is 1380. The number of sulfonamides is 1. The zero-order valence-electron chi connectivity index (χ0n) is 18.0. The molecule has 13 heteroatoms. The van der Waals surface area contributed by atoms with E-state index >= 15 is 0 Å². The van der Waals surface area contributed by atoms with Crippen LogP contribution >= 0.6 is 0 Å². The van der Waals surface area contributed by atoms with E-state index in [1.807, 2.05) is 0 Å². The van der Waals surface area contributed by atoms with E-state index < -0.39 is 38.9 Å². The number of nitrogens with zero attached hydrogens (tertiary/aromatic N) is 3. The molecule has 0 aliphatic heterocycles. The molecule has 1 atom stereocenters. The second kappa shape index (κ2) is 8.31. The van der Waals surface area contributed by atoms with Gasteiger partial charge in [0.2, 0.25) is 10.0 Å². The van der Waals surface area contributed by atoms with Gasteiger partial charge in [-0.3, -0.25) is 0 Å². The van der Waals surface area contributed by atoms with E-state index in [1.165, 1.54) is 4.72 Å². The van der Waals surface area contributed by atoms with E-state index in [0.29, 0.717) is 18.0 Å². The lowest BCUT2D eigenvalue weighted by atomic mass is 9.92. The van der Waals surface area contributed by atoms with Gasteiger partial charge >= 0.3 is 12.1 Å². The maximum absolute atomic E-state index is 14.3. The zero-order valence-corrected chi connectivity index (χ0v) is 18.8. The Morgan fingerprint density at radius 2 is 1.85 bits per heavy atom. The largest absolute Gasteiger partial charge is 0.478 e. The van der Waals surface area contributed by atoms with Crippen molar-refractivity contribution in [1.29, 1.82) is 0 Å². The highest BCUT2D eigenvalue weighted by Gasteiger charge is 2.39. The minimum Gasteiger partial charge on any atom is -0.478 e. The summed E-state index contributed by atoms with van der Waals surface area (Å²) in [5, 5.41) is 10.1. The Hall–Kier alpha value is -3.06. The summed E-state index contributed by atoms with van der Waals surface area (Å²) in [7, 11) is -4.59. The smallest absolute Gasteiger partial charge is 0.404 e. The number of aryl methyl sites for hydroxylation is 1. The first-order valence-electron chi connectivity index (χ1n) is 10.3. The van der Waals surface area contributed by atoms with Gasteiger partial charge in [-0.2, -0.15) is 17.9 Å². The molecule has 1 saturated carbocycles. The number of carboxylic acid groups (broad SMARTS) is 1. The number of alkyl halides is 3. The molecule has 34 heavy (non-hydrogen) atoms. The number of hydrogen-bond acceptors (Lipinski definition) is 5. The van der Waals surface area contributed by atoms with Gasteiger partial charge in [0, 0.05) is 11.4 Å². The third-order valence-corrected chi connectivity index (χ3v) is 7.41. The number of rotatable bonds is 6. The number of halogens is 4. The third-order valence-electron chi connectivity index (χ3n) is 5.91. The number of aromatic nitrogens is 3. The van der Waals surface area contributed by atoms with Gasteiger partial charge in [0.15, 0.2) is 5.82 Å². The molecule has 0 bridgehead atoms. The molecule has 0 saturated heterocycles. The summed E-state index contributed by atoms with van der Waals surface area (Å²) >= 11 is 0. The Kier molecular flexibility index (Phi) is 5.88. The fourth-order valence-corrected chi connectivity index (χ4v) is 4.96. The van der Waals surface area contributed by atoms with E-state index in [1.54, 1.807) is 17.6 Å². The molecule has 2 N–H and O–H groups in total. The van der Waals surface area contributed by atoms with Crippen molar-refractivity contribution in [1.82, 2.24) is 19.3 Å². The molecule has 4 rings (SSSR count). The standard InChI is InChI=1S/C21H20F4N4O4S/c1-10-6-16-14(7-15(10)22)17(20(30)31)18(29(16)12-4-3-5-12)19-26-8-13(9-27-19)34(32,33)28-11(2)21(23,24)25/h6-9,11-12,28H,3-5H2,1-2H3,(H,30,31)/t11-/m0/s1. The SMILES string of the molecule is Cc1cc2c(cc1F)c(C(=O)O)c(-c1ncc(S(=O)(=O)N[C@@H](C)C(F)(F)F)cn1)n2C1CCC1. The number of fused-ring (bicyclic) bond motifs is 1. The van der Waals surface area contributed by atoms with Gasteiger partial charge in [0.25, 0.3) is 0 Å². The molecule has 0 amide bonds. The first kappa shape index (κ1) is 24.1. The summed E-state index contributed by atoms with van der Waals surface area (Å²) in [6, 6.07) is 0.251. The monoisotopic (exact) mass is 500 g/mol. The van der Waals surface area contributed by atoms with Crippen LogP contribution < -0.4 is 4.72 Å². The van der Waals surface area contributed by atoms with E-state index in [4.69, 9.17) is 0 Å². The summed E-state index contributed by atoms with van der Waals surface area (Å²) < 4.78 is 80.5. The summed E-state index contributed by atoms with van der Waals surface area (Å²) in [4.78, 5) is 19.5. The normalized spacial score (nSPS) is 15.9. The minimum absolute atomic E-state index is 0.0813. The second-order valence-corrected chi connectivity index (χ2v) is 9.94. The number of carboxylic acids is 1. The van der Waals surface area contributed by atoms with Crippen molar-refractivity contribution in [3.05, 3.63) is 41.5 Å². The van der Waals surface area contributed by atoms with Crippen LogP contribution in [0.15, 0.2) is 29.4 Å². The molecule has 1 aliphatic carbocycles. The molecule has 1 aliphatic rings. The Labute approximate surface area is 191 Å². The highest BCUT2D eigenvalue weighted by atomic mass is 32.2. The summed E-state index contributed by atoms with van der Waals surface area (Å²) in [5.74, 6) is -2.07. The average molecular weight is 500 g/mol. The van der Waals surface area contributed by atoms with Crippen molar-refractivity contribution in [2.45, 2.75) is 56.3 Å². The van der Waals surface area contributed by atoms with Crippen molar-refractivity contribution in [2.75, 3.05) is 0 Å². The van der Waals surface area contributed by atoms with Crippen molar-refractivity contribution in [2.24, 2.45) is 0 Å². The van der Waals surface area contributed by atoms with Crippen LogP contribution in [0.1, 0.15) is 48.1 Å². The molecule has 182 valence electrons. The highest BCUT2D eigenvalue weighted by molar-refractivity contribution is 7.89. The van der Waals surface area contributed by atoms with E-state index in [9.17, 15) is 35.9 Å². The minimum atomic E-state index is -4.79. The molecule has 2 aromatic heterocycles. The predicted octanol–water partition coefficient (Wildman–Crippen LogP) is 4.20. The van der Waals surface area contributed by atoms with Gasteiger partial charge in [0.05, 0.1) is 23.5 Å². The molecular formula is C21H20F4N4O4S. The molecule has 8 nitrogen and oxygen atoms in total. The number of hydrogen-bond donors (Lipinski definition) is 2. The molecule has 1 fully saturated rings. The van der Waals surface area contributed by atoms with Gasteiger partial charge in [0.1, 0.15) is 22.4 Å².